The smallest absolute Gasteiger partial charge is 0.240 e. The Hall–Kier alpha value is -1.59. The first-order valence-corrected chi connectivity index (χ1v) is 8.67. The molecule has 134 valence electrons. The van der Waals surface area contributed by atoms with E-state index in [2.05, 4.69) is 11.4 Å². The average Bonchev–Trinajstić information content (AvgIpc) is 2.58. The van der Waals surface area contributed by atoms with E-state index in [1.165, 1.54) is 5.56 Å². The van der Waals surface area contributed by atoms with Crippen molar-refractivity contribution in [1.82, 2.24) is 5.32 Å². The van der Waals surface area contributed by atoms with E-state index in [0.717, 1.165) is 18.6 Å². The van der Waals surface area contributed by atoms with Gasteiger partial charge in [0.05, 0.1) is 13.2 Å². The van der Waals surface area contributed by atoms with Gasteiger partial charge >= 0.3 is 0 Å². The molecule has 1 aliphatic rings. The minimum Gasteiger partial charge on any atom is -0.497 e. The number of hydrogen-bond acceptors (Lipinski definition) is 4. The molecular weight excluding hydrogens is 304 g/mol. The van der Waals surface area contributed by atoms with Gasteiger partial charge in [0.1, 0.15) is 11.3 Å². The highest BCUT2D eigenvalue weighted by atomic mass is 16.5. The molecule has 2 unspecified atom stereocenters. The molecule has 5 heteroatoms. The van der Waals surface area contributed by atoms with Crippen LogP contribution in [0.4, 0.5) is 0 Å². The van der Waals surface area contributed by atoms with E-state index in [4.69, 9.17) is 15.2 Å². The molecule has 2 atom stereocenters. The number of nitrogens with two attached hydrogens (primary N) is 1. The summed E-state index contributed by atoms with van der Waals surface area (Å²) < 4.78 is 10.9. The van der Waals surface area contributed by atoms with E-state index in [1.54, 1.807) is 7.11 Å². The summed E-state index contributed by atoms with van der Waals surface area (Å²) in [7, 11) is 1.66. The predicted molar refractivity (Wildman–Crippen MR) is 95.1 cm³/mol. The largest absolute Gasteiger partial charge is 0.497 e. The number of amides is 1. The molecule has 1 fully saturated rings. The first-order chi connectivity index (χ1) is 11.3. The molecule has 0 bridgehead atoms. The summed E-state index contributed by atoms with van der Waals surface area (Å²) in [4.78, 5) is 12.5. The fraction of sp³-hybridized carbons (Fsp3) is 0.632. The zero-order valence-corrected chi connectivity index (χ0v) is 15.2. The van der Waals surface area contributed by atoms with Crippen molar-refractivity contribution in [1.29, 1.82) is 0 Å². The molecule has 2 rings (SSSR count). The minimum atomic E-state index is -0.844. The van der Waals surface area contributed by atoms with Crippen molar-refractivity contribution in [3.8, 4) is 5.75 Å². The van der Waals surface area contributed by atoms with Gasteiger partial charge in [-0.3, -0.25) is 4.79 Å². The number of methoxy groups -OCH3 is 1. The fourth-order valence-corrected chi connectivity index (χ4v) is 3.30. The molecule has 1 aromatic carbocycles. The van der Waals surface area contributed by atoms with Crippen LogP contribution in [0.25, 0.3) is 0 Å². The summed E-state index contributed by atoms with van der Waals surface area (Å²) in [5, 5.41) is 2.99. The standard InChI is InChI=1S/C19H30N2O3/c1-5-24-16-13-19(20,18(16,2)3)17(22)21-11-7-9-14-8-6-10-15(12-14)23-4/h6,8,10,12,16H,5,7,9,11,13,20H2,1-4H3,(H,21,22). The number of nitrogens with one attached hydrogen (secondary N) is 1. The third-order valence-corrected chi connectivity index (χ3v) is 5.30. The molecule has 3 N–H and O–H groups in total. The van der Waals surface area contributed by atoms with E-state index < -0.39 is 5.54 Å². The van der Waals surface area contributed by atoms with Crippen LogP contribution in [0.2, 0.25) is 0 Å². The highest BCUT2D eigenvalue weighted by Gasteiger charge is 2.62. The summed E-state index contributed by atoms with van der Waals surface area (Å²) in [6.45, 7) is 7.24. The molecule has 0 radical (unpaired) electrons. The van der Waals surface area contributed by atoms with Crippen LogP contribution in [-0.2, 0) is 16.0 Å². The zero-order valence-electron chi connectivity index (χ0n) is 15.2. The highest BCUT2D eigenvalue weighted by Crippen LogP contribution is 2.49. The first kappa shape index (κ1) is 18.7. The lowest BCUT2D eigenvalue weighted by molar-refractivity contribution is -0.170. The van der Waals surface area contributed by atoms with Gasteiger partial charge in [0.25, 0.3) is 0 Å². The molecule has 1 aromatic rings. The van der Waals surface area contributed by atoms with Gasteiger partial charge in [-0.1, -0.05) is 26.0 Å². The number of rotatable bonds is 8. The summed E-state index contributed by atoms with van der Waals surface area (Å²) in [5.74, 6) is 0.782. The molecule has 0 aliphatic heterocycles. The van der Waals surface area contributed by atoms with Crippen molar-refractivity contribution >= 4 is 5.91 Å². The highest BCUT2D eigenvalue weighted by molar-refractivity contribution is 5.88. The van der Waals surface area contributed by atoms with Crippen LogP contribution in [0.3, 0.4) is 0 Å². The SMILES string of the molecule is CCOC1CC(N)(C(=O)NCCCc2cccc(OC)c2)C1(C)C. The van der Waals surface area contributed by atoms with Gasteiger partial charge in [-0.2, -0.15) is 0 Å². The lowest BCUT2D eigenvalue weighted by atomic mass is 9.54. The molecular formula is C19H30N2O3. The maximum absolute atomic E-state index is 12.5. The maximum Gasteiger partial charge on any atom is 0.240 e. The molecule has 0 spiro atoms. The van der Waals surface area contributed by atoms with E-state index in [0.29, 0.717) is 19.6 Å². The summed E-state index contributed by atoms with van der Waals surface area (Å²) in [5.41, 5.74) is 6.38. The molecule has 0 aromatic heterocycles. The monoisotopic (exact) mass is 334 g/mol. The second kappa shape index (κ2) is 7.53. The fourth-order valence-electron chi connectivity index (χ4n) is 3.30. The molecule has 5 nitrogen and oxygen atoms in total. The second-order valence-corrected chi connectivity index (χ2v) is 7.05. The quantitative estimate of drug-likeness (QED) is 0.715. The Kier molecular flexibility index (Phi) is 5.88. The van der Waals surface area contributed by atoms with E-state index in [-0.39, 0.29) is 17.4 Å². The minimum absolute atomic E-state index is 0.0510. The third kappa shape index (κ3) is 3.57. The van der Waals surface area contributed by atoms with Gasteiger partial charge in [0.15, 0.2) is 0 Å². The van der Waals surface area contributed by atoms with Crippen LogP contribution < -0.4 is 15.8 Å². The molecule has 1 amide bonds. The van der Waals surface area contributed by atoms with Crippen LogP contribution in [0.15, 0.2) is 24.3 Å². The van der Waals surface area contributed by atoms with Crippen molar-refractivity contribution < 1.29 is 14.3 Å². The summed E-state index contributed by atoms with van der Waals surface area (Å²) in [6, 6.07) is 7.99. The summed E-state index contributed by atoms with van der Waals surface area (Å²) >= 11 is 0. The third-order valence-electron chi connectivity index (χ3n) is 5.30. The Bertz CT molecular complexity index is 573. The van der Waals surface area contributed by atoms with Gasteiger partial charge in [0.2, 0.25) is 5.91 Å². The predicted octanol–water partition coefficient (Wildman–Crippen LogP) is 2.28. The van der Waals surface area contributed by atoms with Crippen molar-refractivity contribution in [3.63, 3.8) is 0 Å². The van der Waals surface area contributed by atoms with E-state index >= 15 is 0 Å². The Balaban J connectivity index is 1.79. The number of carbonyl (C=O) groups is 1. The van der Waals surface area contributed by atoms with Gasteiger partial charge < -0.3 is 20.5 Å². The Morgan fingerprint density at radius 1 is 1.42 bits per heavy atom. The molecule has 1 aliphatic carbocycles. The van der Waals surface area contributed by atoms with E-state index in [1.807, 2.05) is 39.0 Å². The Morgan fingerprint density at radius 2 is 2.17 bits per heavy atom. The lowest BCUT2D eigenvalue weighted by Crippen LogP contribution is -2.75. The zero-order chi connectivity index (χ0) is 17.8. The van der Waals surface area contributed by atoms with Crippen LogP contribution in [0, 0.1) is 5.41 Å². The normalized spacial score (nSPS) is 25.0. The maximum atomic E-state index is 12.5. The van der Waals surface area contributed by atoms with Crippen molar-refractivity contribution in [3.05, 3.63) is 29.8 Å². The number of benzene rings is 1. The van der Waals surface area contributed by atoms with Gasteiger partial charge in [0, 0.05) is 25.0 Å². The second-order valence-electron chi connectivity index (χ2n) is 7.05. The van der Waals surface area contributed by atoms with Crippen LogP contribution in [-0.4, -0.2) is 37.8 Å². The van der Waals surface area contributed by atoms with Crippen LogP contribution >= 0.6 is 0 Å². The molecule has 0 heterocycles. The van der Waals surface area contributed by atoms with Crippen molar-refractivity contribution in [2.45, 2.75) is 51.7 Å². The molecule has 1 saturated carbocycles. The molecule has 0 saturated heterocycles. The number of carbonyl (C=O) groups excluding carboxylic acids is 1. The Labute approximate surface area is 144 Å². The van der Waals surface area contributed by atoms with E-state index in [9.17, 15) is 4.79 Å². The number of ether oxygens (including phenoxy) is 2. The topological polar surface area (TPSA) is 73.6 Å². The van der Waals surface area contributed by atoms with Crippen molar-refractivity contribution in [2.75, 3.05) is 20.3 Å². The van der Waals surface area contributed by atoms with Crippen molar-refractivity contribution in [2.24, 2.45) is 11.1 Å². The van der Waals surface area contributed by atoms with Gasteiger partial charge in [-0.25, -0.2) is 0 Å². The van der Waals surface area contributed by atoms with Crippen LogP contribution in [0.5, 0.6) is 5.75 Å². The average molecular weight is 334 g/mol. The number of hydrogen-bond donors (Lipinski definition) is 2. The lowest BCUT2D eigenvalue weighted by Gasteiger charge is -2.57. The summed E-state index contributed by atoms with van der Waals surface area (Å²) in [6.07, 6.45) is 2.38. The molecule has 24 heavy (non-hydrogen) atoms. The van der Waals surface area contributed by atoms with Gasteiger partial charge in [-0.05, 0) is 37.5 Å². The number of aryl methyl sites for hydroxylation is 1. The first-order valence-electron chi connectivity index (χ1n) is 8.67. The Morgan fingerprint density at radius 3 is 2.79 bits per heavy atom. The van der Waals surface area contributed by atoms with Crippen LogP contribution in [0.1, 0.15) is 39.2 Å². The van der Waals surface area contributed by atoms with Gasteiger partial charge in [-0.15, -0.1) is 0 Å².